The van der Waals surface area contributed by atoms with Gasteiger partial charge in [0.2, 0.25) is 0 Å². The average molecular weight is 338 g/mol. The maximum atomic E-state index is 9.43. The number of methoxy groups -OCH3 is 1. The largest absolute Gasteiger partial charge is 0.396 e. The number of thiazole rings is 1. The monoisotopic (exact) mass is 337 g/mol. The molecule has 2 rings (SSSR count). The average Bonchev–Trinajstić information content (AvgIpc) is 2.84. The summed E-state index contributed by atoms with van der Waals surface area (Å²) in [4.78, 5) is 7.52. The third kappa shape index (κ3) is 6.06. The van der Waals surface area contributed by atoms with Crippen LogP contribution in [0.25, 0.3) is 0 Å². The van der Waals surface area contributed by atoms with E-state index < -0.39 is 0 Å². The molecule has 1 aromatic heterocycles. The van der Waals surface area contributed by atoms with Gasteiger partial charge in [-0.25, -0.2) is 4.98 Å². The third-order valence-electron chi connectivity index (χ3n) is 3.42. The van der Waals surface area contributed by atoms with Crippen molar-refractivity contribution in [1.82, 2.24) is 9.88 Å². The van der Waals surface area contributed by atoms with Gasteiger partial charge in [0.05, 0.1) is 19.3 Å². The number of halogens is 1. The highest BCUT2D eigenvalue weighted by atomic mass is 35.5. The standard InChI is InChI=1S/C13H23N3O3S.ClH/c1-18-2-3-19-11-4-10(9-17)6-16(7-11)8-12-5-15-13(14)20-12;/h5,10-11,17H,2-4,6-9H2,1H3,(H2,14,15);1H. The minimum atomic E-state index is 0. The van der Waals surface area contributed by atoms with Gasteiger partial charge >= 0.3 is 0 Å². The molecule has 0 amide bonds. The minimum absolute atomic E-state index is 0. The quantitative estimate of drug-likeness (QED) is 0.722. The summed E-state index contributed by atoms with van der Waals surface area (Å²) in [6.07, 6.45) is 2.88. The summed E-state index contributed by atoms with van der Waals surface area (Å²) in [5, 5.41) is 10.0. The van der Waals surface area contributed by atoms with Crippen LogP contribution in [-0.2, 0) is 16.0 Å². The van der Waals surface area contributed by atoms with Crippen LogP contribution < -0.4 is 5.73 Å². The molecule has 8 heteroatoms. The molecule has 122 valence electrons. The molecule has 3 N–H and O–H groups in total. The molecule has 21 heavy (non-hydrogen) atoms. The van der Waals surface area contributed by atoms with Crippen molar-refractivity contribution in [3.05, 3.63) is 11.1 Å². The second kappa shape index (κ2) is 9.55. The van der Waals surface area contributed by atoms with Crippen LogP contribution in [0.2, 0.25) is 0 Å². The van der Waals surface area contributed by atoms with Crippen LogP contribution in [0.5, 0.6) is 0 Å². The lowest BCUT2D eigenvalue weighted by molar-refractivity contribution is -0.0452. The number of nitrogen functional groups attached to an aromatic ring is 1. The molecule has 0 bridgehead atoms. The first kappa shape index (κ1) is 18.6. The molecule has 0 aromatic carbocycles. The molecular weight excluding hydrogens is 314 g/mol. The molecule has 0 spiro atoms. The summed E-state index contributed by atoms with van der Waals surface area (Å²) in [5.74, 6) is 0.265. The first-order chi connectivity index (χ1) is 9.71. The molecule has 2 atom stereocenters. The van der Waals surface area contributed by atoms with Crippen molar-refractivity contribution in [3.63, 3.8) is 0 Å². The van der Waals surface area contributed by atoms with Crippen molar-refractivity contribution in [2.75, 3.05) is 45.8 Å². The number of hydrogen-bond acceptors (Lipinski definition) is 7. The first-order valence-corrected chi connectivity index (χ1v) is 7.66. The van der Waals surface area contributed by atoms with Crippen LogP contribution in [0.4, 0.5) is 5.13 Å². The fourth-order valence-corrected chi connectivity index (χ4v) is 3.27. The van der Waals surface area contributed by atoms with E-state index in [2.05, 4.69) is 9.88 Å². The molecule has 1 saturated heterocycles. The third-order valence-corrected chi connectivity index (χ3v) is 4.24. The van der Waals surface area contributed by atoms with Crippen LogP contribution in [0.15, 0.2) is 6.20 Å². The Balaban J connectivity index is 0.00000220. The Morgan fingerprint density at radius 2 is 2.29 bits per heavy atom. The molecule has 0 aliphatic carbocycles. The summed E-state index contributed by atoms with van der Waals surface area (Å²) in [6, 6.07) is 0. The van der Waals surface area contributed by atoms with Gasteiger partial charge in [-0.3, -0.25) is 4.90 Å². The molecule has 0 saturated carbocycles. The Kier molecular flexibility index (Phi) is 8.46. The summed E-state index contributed by atoms with van der Waals surface area (Å²) >= 11 is 1.51. The summed E-state index contributed by atoms with van der Waals surface area (Å²) < 4.78 is 10.8. The smallest absolute Gasteiger partial charge is 0.180 e. The van der Waals surface area contributed by atoms with Gasteiger partial charge in [0.15, 0.2) is 5.13 Å². The Bertz CT molecular complexity index is 408. The van der Waals surface area contributed by atoms with E-state index in [1.165, 1.54) is 11.3 Å². The molecule has 1 aliphatic rings. The lowest BCUT2D eigenvalue weighted by Gasteiger charge is -2.36. The van der Waals surface area contributed by atoms with Gasteiger partial charge in [0.1, 0.15) is 0 Å². The number of rotatable bonds is 7. The van der Waals surface area contributed by atoms with Crippen LogP contribution in [0.1, 0.15) is 11.3 Å². The topological polar surface area (TPSA) is 80.8 Å². The van der Waals surface area contributed by atoms with Crippen LogP contribution in [0.3, 0.4) is 0 Å². The number of aliphatic hydroxyl groups is 1. The number of anilines is 1. The van der Waals surface area contributed by atoms with E-state index in [0.717, 1.165) is 30.9 Å². The molecular formula is C13H24ClN3O3S. The first-order valence-electron chi connectivity index (χ1n) is 6.85. The van der Waals surface area contributed by atoms with Gasteiger partial charge in [-0.2, -0.15) is 0 Å². The highest BCUT2D eigenvalue weighted by Crippen LogP contribution is 2.23. The predicted molar refractivity (Wildman–Crippen MR) is 85.9 cm³/mol. The van der Waals surface area contributed by atoms with E-state index in [1.807, 2.05) is 6.20 Å². The molecule has 2 heterocycles. The van der Waals surface area contributed by atoms with E-state index in [1.54, 1.807) is 7.11 Å². The Labute approximate surface area is 135 Å². The molecule has 2 unspecified atom stereocenters. The zero-order valence-corrected chi connectivity index (χ0v) is 13.9. The molecule has 1 aromatic rings. The Hall–Kier alpha value is -0.440. The zero-order valence-electron chi connectivity index (χ0n) is 12.2. The van der Waals surface area contributed by atoms with Crippen molar-refractivity contribution in [2.24, 2.45) is 5.92 Å². The lowest BCUT2D eigenvalue weighted by atomic mass is 9.96. The van der Waals surface area contributed by atoms with E-state index >= 15 is 0 Å². The van der Waals surface area contributed by atoms with Gasteiger partial charge in [-0.15, -0.1) is 23.7 Å². The minimum Gasteiger partial charge on any atom is -0.396 e. The maximum absolute atomic E-state index is 9.43. The van der Waals surface area contributed by atoms with Gasteiger partial charge in [-0.05, 0) is 12.3 Å². The zero-order chi connectivity index (χ0) is 14.4. The second-order valence-corrected chi connectivity index (χ2v) is 6.28. The van der Waals surface area contributed by atoms with E-state index in [-0.39, 0.29) is 31.0 Å². The number of nitrogens with two attached hydrogens (primary N) is 1. The number of aliphatic hydroxyl groups excluding tert-OH is 1. The normalized spacial score (nSPS) is 23.0. The summed E-state index contributed by atoms with van der Waals surface area (Å²) in [7, 11) is 1.67. The number of piperidine rings is 1. The SMILES string of the molecule is COCCOC1CC(CO)CN(Cc2cnc(N)s2)C1.Cl. The van der Waals surface area contributed by atoms with Gasteiger partial charge in [0, 0.05) is 44.4 Å². The second-order valence-electron chi connectivity index (χ2n) is 5.13. The van der Waals surface area contributed by atoms with Crippen molar-refractivity contribution in [2.45, 2.75) is 19.1 Å². The fourth-order valence-electron chi connectivity index (χ4n) is 2.54. The van der Waals surface area contributed by atoms with E-state index in [0.29, 0.717) is 18.3 Å². The van der Waals surface area contributed by atoms with Crippen molar-refractivity contribution in [3.8, 4) is 0 Å². The number of ether oxygens (including phenoxy) is 2. The molecule has 0 radical (unpaired) electrons. The molecule has 6 nitrogen and oxygen atoms in total. The lowest BCUT2D eigenvalue weighted by Crippen LogP contribution is -2.45. The predicted octanol–water partition coefficient (Wildman–Crippen LogP) is 0.993. The summed E-state index contributed by atoms with van der Waals surface area (Å²) in [5.41, 5.74) is 5.66. The number of aromatic nitrogens is 1. The van der Waals surface area contributed by atoms with Crippen LogP contribution >= 0.6 is 23.7 Å². The highest BCUT2D eigenvalue weighted by Gasteiger charge is 2.27. The van der Waals surface area contributed by atoms with Gasteiger partial charge in [0.25, 0.3) is 0 Å². The number of likely N-dealkylation sites (tertiary alicyclic amines) is 1. The number of hydrogen-bond donors (Lipinski definition) is 2. The van der Waals surface area contributed by atoms with Gasteiger partial charge < -0.3 is 20.3 Å². The number of nitrogens with zero attached hydrogens (tertiary/aromatic N) is 2. The van der Waals surface area contributed by atoms with Crippen molar-refractivity contribution < 1.29 is 14.6 Å². The molecule has 1 aliphatic heterocycles. The van der Waals surface area contributed by atoms with Crippen molar-refractivity contribution in [1.29, 1.82) is 0 Å². The van der Waals surface area contributed by atoms with Crippen LogP contribution in [-0.4, -0.2) is 61.1 Å². The van der Waals surface area contributed by atoms with Crippen molar-refractivity contribution >= 4 is 28.9 Å². The Morgan fingerprint density at radius 3 is 2.90 bits per heavy atom. The van der Waals surface area contributed by atoms with E-state index in [9.17, 15) is 5.11 Å². The van der Waals surface area contributed by atoms with E-state index in [4.69, 9.17) is 15.2 Å². The summed E-state index contributed by atoms with van der Waals surface area (Å²) in [6.45, 7) is 3.98. The fraction of sp³-hybridized carbons (Fsp3) is 0.769. The van der Waals surface area contributed by atoms with Crippen LogP contribution in [0, 0.1) is 5.92 Å². The maximum Gasteiger partial charge on any atom is 0.180 e. The highest BCUT2D eigenvalue weighted by molar-refractivity contribution is 7.15. The molecule has 1 fully saturated rings. The Morgan fingerprint density at radius 1 is 1.48 bits per heavy atom. The van der Waals surface area contributed by atoms with Gasteiger partial charge in [-0.1, -0.05) is 0 Å².